The number of hydrogen-bond donors (Lipinski definition) is 0. The van der Waals surface area contributed by atoms with Crippen LogP contribution in [0.2, 0.25) is 0 Å². The van der Waals surface area contributed by atoms with Crippen molar-refractivity contribution < 1.29 is 14.3 Å². The van der Waals surface area contributed by atoms with E-state index in [1.807, 2.05) is 57.2 Å². The highest BCUT2D eigenvalue weighted by Gasteiger charge is 2.28. The molecule has 0 radical (unpaired) electrons. The molecule has 0 aliphatic carbocycles. The first-order valence-electron chi connectivity index (χ1n) is 8.03. The van der Waals surface area contributed by atoms with Crippen LogP contribution in [0.3, 0.4) is 0 Å². The summed E-state index contributed by atoms with van der Waals surface area (Å²) in [6, 6.07) is 11.9. The third-order valence-corrected chi connectivity index (χ3v) is 3.66. The second-order valence-electron chi connectivity index (χ2n) is 6.90. The average Bonchev–Trinajstić information content (AvgIpc) is 2.96. The summed E-state index contributed by atoms with van der Waals surface area (Å²) in [7, 11) is 0. The number of ether oxygens (including phenoxy) is 2. The van der Waals surface area contributed by atoms with Gasteiger partial charge in [-0.05, 0) is 37.5 Å². The Morgan fingerprint density at radius 1 is 1.17 bits per heavy atom. The fraction of sp³-hybridized carbons (Fsp3) is 0.368. The second-order valence-corrected chi connectivity index (χ2v) is 6.90. The van der Waals surface area contributed by atoms with Crippen molar-refractivity contribution in [3.8, 4) is 5.88 Å². The van der Waals surface area contributed by atoms with Crippen molar-refractivity contribution >= 4 is 6.09 Å². The van der Waals surface area contributed by atoms with Gasteiger partial charge in [0.05, 0.1) is 6.54 Å². The molecule has 2 aromatic rings. The van der Waals surface area contributed by atoms with Gasteiger partial charge in [-0.3, -0.25) is 4.90 Å². The molecule has 1 aromatic carbocycles. The Bertz CT molecular complexity index is 723. The number of nitrogens with zero attached hydrogens (tertiary/aromatic N) is 2. The summed E-state index contributed by atoms with van der Waals surface area (Å²) < 4.78 is 11.2. The summed E-state index contributed by atoms with van der Waals surface area (Å²) in [6.45, 7) is 7.12. The van der Waals surface area contributed by atoms with Crippen LogP contribution in [0.4, 0.5) is 4.79 Å². The first kappa shape index (κ1) is 16.3. The molecule has 0 spiro atoms. The number of carbonyl (C=O) groups is 1. The van der Waals surface area contributed by atoms with Crippen LogP contribution >= 0.6 is 0 Å². The Labute approximate surface area is 142 Å². The lowest BCUT2D eigenvalue weighted by atomic mass is 10.2. The van der Waals surface area contributed by atoms with Gasteiger partial charge in [0.15, 0.2) is 0 Å². The number of amides is 1. The van der Waals surface area contributed by atoms with E-state index in [1.54, 1.807) is 11.1 Å². The van der Waals surface area contributed by atoms with Gasteiger partial charge in [-0.2, -0.15) is 0 Å². The van der Waals surface area contributed by atoms with E-state index in [0.717, 1.165) is 16.7 Å². The van der Waals surface area contributed by atoms with Crippen LogP contribution in [0.1, 0.15) is 37.5 Å². The van der Waals surface area contributed by atoms with Crippen molar-refractivity contribution in [2.45, 2.75) is 46.1 Å². The molecule has 0 fully saturated rings. The van der Waals surface area contributed by atoms with Gasteiger partial charge in [0.2, 0.25) is 5.88 Å². The van der Waals surface area contributed by atoms with Crippen molar-refractivity contribution in [2.24, 2.45) is 0 Å². The SMILES string of the molecule is CC(C)(C)OC(=O)N1Cc2cnc(OCc3ccccc3)cc2C1. The van der Waals surface area contributed by atoms with Crippen LogP contribution in [0.5, 0.6) is 5.88 Å². The molecule has 3 rings (SSSR count). The first-order valence-corrected chi connectivity index (χ1v) is 8.03. The molecule has 0 saturated carbocycles. The molecule has 5 heteroatoms. The molecule has 0 saturated heterocycles. The molecule has 0 atom stereocenters. The summed E-state index contributed by atoms with van der Waals surface area (Å²) >= 11 is 0. The van der Waals surface area contributed by atoms with E-state index in [4.69, 9.17) is 9.47 Å². The molecule has 24 heavy (non-hydrogen) atoms. The van der Waals surface area contributed by atoms with Gasteiger partial charge in [-0.15, -0.1) is 0 Å². The third kappa shape index (κ3) is 4.04. The molecule has 0 unspecified atom stereocenters. The monoisotopic (exact) mass is 326 g/mol. The van der Waals surface area contributed by atoms with Crippen molar-refractivity contribution in [3.05, 3.63) is 59.3 Å². The van der Waals surface area contributed by atoms with Gasteiger partial charge in [0, 0.05) is 18.8 Å². The quantitative estimate of drug-likeness (QED) is 0.858. The zero-order valence-electron chi connectivity index (χ0n) is 14.3. The maximum absolute atomic E-state index is 12.2. The minimum Gasteiger partial charge on any atom is -0.473 e. The van der Waals surface area contributed by atoms with Crippen LogP contribution in [0.15, 0.2) is 42.6 Å². The number of fused-ring (bicyclic) bond motifs is 1. The molecule has 2 heterocycles. The number of benzene rings is 1. The predicted octanol–water partition coefficient (Wildman–Crippen LogP) is 3.91. The predicted molar refractivity (Wildman–Crippen MR) is 90.5 cm³/mol. The highest BCUT2D eigenvalue weighted by atomic mass is 16.6. The number of aromatic nitrogens is 1. The van der Waals surface area contributed by atoms with Crippen LogP contribution in [-0.4, -0.2) is 21.6 Å². The Morgan fingerprint density at radius 3 is 2.58 bits per heavy atom. The van der Waals surface area contributed by atoms with Gasteiger partial charge in [0.1, 0.15) is 12.2 Å². The van der Waals surface area contributed by atoms with Crippen LogP contribution in [-0.2, 0) is 24.4 Å². The minimum absolute atomic E-state index is 0.301. The lowest BCUT2D eigenvalue weighted by molar-refractivity contribution is 0.0242. The highest BCUT2D eigenvalue weighted by Crippen LogP contribution is 2.26. The Morgan fingerprint density at radius 2 is 1.88 bits per heavy atom. The normalized spacial score (nSPS) is 13.5. The van der Waals surface area contributed by atoms with Crippen molar-refractivity contribution in [3.63, 3.8) is 0 Å². The molecule has 1 aromatic heterocycles. The van der Waals surface area contributed by atoms with E-state index in [9.17, 15) is 4.79 Å². The van der Waals surface area contributed by atoms with E-state index in [-0.39, 0.29) is 6.09 Å². The fourth-order valence-corrected chi connectivity index (χ4v) is 2.53. The zero-order valence-corrected chi connectivity index (χ0v) is 14.3. The lowest BCUT2D eigenvalue weighted by Gasteiger charge is -2.24. The number of pyridine rings is 1. The van der Waals surface area contributed by atoms with Crippen LogP contribution < -0.4 is 4.74 Å². The lowest BCUT2D eigenvalue weighted by Crippen LogP contribution is -2.33. The maximum Gasteiger partial charge on any atom is 0.410 e. The van der Waals surface area contributed by atoms with Crippen molar-refractivity contribution in [2.75, 3.05) is 0 Å². The van der Waals surface area contributed by atoms with Gasteiger partial charge >= 0.3 is 6.09 Å². The minimum atomic E-state index is -0.492. The summed E-state index contributed by atoms with van der Waals surface area (Å²) in [4.78, 5) is 18.2. The van der Waals surface area contributed by atoms with Crippen molar-refractivity contribution in [1.29, 1.82) is 0 Å². The molecule has 126 valence electrons. The maximum atomic E-state index is 12.2. The van der Waals surface area contributed by atoms with Crippen molar-refractivity contribution in [1.82, 2.24) is 9.88 Å². The Kier molecular flexibility index (Phi) is 4.42. The number of rotatable bonds is 3. The standard InChI is InChI=1S/C19H22N2O3/c1-19(2,3)24-18(22)21-11-15-9-17(20-10-16(15)12-21)23-13-14-7-5-4-6-8-14/h4-10H,11-13H2,1-3H3. The molecule has 1 aliphatic rings. The summed E-state index contributed by atoms with van der Waals surface area (Å²) in [6.07, 6.45) is 1.48. The molecular formula is C19H22N2O3. The largest absolute Gasteiger partial charge is 0.473 e. The fourth-order valence-electron chi connectivity index (χ4n) is 2.53. The molecule has 1 amide bonds. The summed E-state index contributed by atoms with van der Waals surface area (Å²) in [5.74, 6) is 0.573. The van der Waals surface area contributed by atoms with E-state index >= 15 is 0 Å². The molecule has 0 N–H and O–H groups in total. The topological polar surface area (TPSA) is 51.7 Å². The van der Waals surface area contributed by atoms with E-state index in [2.05, 4.69) is 4.98 Å². The second kappa shape index (κ2) is 6.51. The van der Waals surface area contributed by atoms with E-state index < -0.39 is 5.60 Å². The molecule has 0 bridgehead atoms. The summed E-state index contributed by atoms with van der Waals surface area (Å²) in [5, 5.41) is 0. The van der Waals surface area contributed by atoms with E-state index in [0.29, 0.717) is 25.6 Å². The van der Waals surface area contributed by atoms with Crippen LogP contribution in [0.25, 0.3) is 0 Å². The third-order valence-electron chi connectivity index (χ3n) is 3.66. The van der Waals surface area contributed by atoms with Gasteiger partial charge < -0.3 is 9.47 Å². The average molecular weight is 326 g/mol. The van der Waals surface area contributed by atoms with Crippen LogP contribution in [0, 0.1) is 0 Å². The highest BCUT2D eigenvalue weighted by molar-refractivity contribution is 5.69. The van der Waals surface area contributed by atoms with Gasteiger partial charge in [-0.1, -0.05) is 30.3 Å². The number of carbonyl (C=O) groups excluding carboxylic acids is 1. The zero-order chi connectivity index (χ0) is 17.2. The molecular weight excluding hydrogens is 304 g/mol. The van der Waals surface area contributed by atoms with E-state index in [1.165, 1.54) is 0 Å². The Balaban J connectivity index is 1.62. The number of hydrogen-bond acceptors (Lipinski definition) is 4. The van der Waals surface area contributed by atoms with Gasteiger partial charge in [0.25, 0.3) is 0 Å². The smallest absolute Gasteiger partial charge is 0.410 e. The summed E-state index contributed by atoms with van der Waals surface area (Å²) in [5.41, 5.74) is 2.69. The first-order chi connectivity index (χ1) is 11.4. The molecule has 1 aliphatic heterocycles. The Hall–Kier alpha value is -2.56. The van der Waals surface area contributed by atoms with Gasteiger partial charge in [-0.25, -0.2) is 9.78 Å². The molecule has 5 nitrogen and oxygen atoms in total.